The highest BCUT2D eigenvalue weighted by atomic mass is 16.5. The molecule has 1 aliphatic rings. The van der Waals surface area contributed by atoms with Crippen LogP contribution in [0.15, 0.2) is 82.3 Å². The summed E-state index contributed by atoms with van der Waals surface area (Å²) in [5, 5.41) is 10.7. The highest BCUT2D eigenvalue weighted by Crippen LogP contribution is 2.33. The number of aromatic nitrogens is 4. The van der Waals surface area contributed by atoms with Crippen molar-refractivity contribution >= 4 is 22.7 Å². The molecular weight excluding hydrogens is 484 g/mol. The molecule has 10 nitrogen and oxygen atoms in total. The van der Waals surface area contributed by atoms with Gasteiger partial charge in [0.05, 0.1) is 0 Å². The maximum atomic E-state index is 12.7. The lowest BCUT2D eigenvalue weighted by Crippen LogP contribution is -2.47. The number of phenolic OH excluding ortho intramolecular Hbond substituents is 1. The van der Waals surface area contributed by atoms with Crippen LogP contribution in [0.4, 0.5) is 11.8 Å². The Labute approximate surface area is 217 Å². The number of nitrogens with zero attached hydrogens (tertiary/aromatic N) is 6. The molecule has 2 aromatic carbocycles. The van der Waals surface area contributed by atoms with Crippen LogP contribution < -0.4 is 20.0 Å². The molecule has 4 heterocycles. The van der Waals surface area contributed by atoms with Crippen molar-refractivity contribution in [2.24, 2.45) is 0 Å². The fourth-order valence-corrected chi connectivity index (χ4v) is 4.50. The van der Waals surface area contributed by atoms with Gasteiger partial charge < -0.3 is 24.1 Å². The van der Waals surface area contributed by atoms with Gasteiger partial charge in [-0.05, 0) is 13.0 Å². The second-order valence-electron chi connectivity index (χ2n) is 8.89. The van der Waals surface area contributed by atoms with Crippen molar-refractivity contribution in [3.63, 3.8) is 0 Å². The van der Waals surface area contributed by atoms with Gasteiger partial charge in [0, 0.05) is 68.4 Å². The molecule has 3 aromatic heterocycles. The van der Waals surface area contributed by atoms with Gasteiger partial charge in [-0.2, -0.15) is 4.98 Å². The zero-order valence-corrected chi connectivity index (χ0v) is 20.6. The number of fused-ring (bicyclic) bond motifs is 1. The summed E-state index contributed by atoms with van der Waals surface area (Å²) in [4.78, 5) is 34.7. The summed E-state index contributed by atoms with van der Waals surface area (Å²) in [6.07, 6.45) is 3.48. The first-order valence-electron chi connectivity index (χ1n) is 12.2. The van der Waals surface area contributed by atoms with E-state index in [1.165, 1.54) is 12.1 Å². The predicted molar refractivity (Wildman–Crippen MR) is 143 cm³/mol. The number of anilines is 2. The van der Waals surface area contributed by atoms with Crippen LogP contribution in [-0.2, 0) is 0 Å². The summed E-state index contributed by atoms with van der Waals surface area (Å²) in [5.74, 6) is 2.79. The maximum Gasteiger partial charge on any atom is 0.225 e. The molecule has 1 N–H and O–H groups in total. The lowest BCUT2D eigenvalue weighted by molar-refractivity contribution is 0.444. The van der Waals surface area contributed by atoms with Gasteiger partial charge in [0.15, 0.2) is 5.43 Å². The molecule has 1 aliphatic heterocycles. The van der Waals surface area contributed by atoms with Crippen LogP contribution in [0.5, 0.6) is 17.4 Å². The minimum absolute atomic E-state index is 0.0943. The van der Waals surface area contributed by atoms with E-state index in [4.69, 9.17) is 9.15 Å². The first kappa shape index (κ1) is 23.4. The number of piperazine rings is 1. The number of benzene rings is 2. The van der Waals surface area contributed by atoms with Crippen LogP contribution in [0.25, 0.3) is 22.3 Å². The topological polar surface area (TPSA) is 118 Å². The van der Waals surface area contributed by atoms with E-state index in [0.29, 0.717) is 29.2 Å². The quantitative estimate of drug-likeness (QED) is 0.370. The van der Waals surface area contributed by atoms with Crippen LogP contribution in [0, 0.1) is 6.92 Å². The first-order chi connectivity index (χ1) is 18.5. The fourth-order valence-electron chi connectivity index (χ4n) is 4.50. The van der Waals surface area contributed by atoms with Gasteiger partial charge in [-0.1, -0.05) is 30.3 Å². The van der Waals surface area contributed by atoms with E-state index in [1.807, 2.05) is 30.3 Å². The van der Waals surface area contributed by atoms with E-state index in [0.717, 1.165) is 37.6 Å². The predicted octanol–water partition coefficient (Wildman–Crippen LogP) is 4.17. The second-order valence-corrected chi connectivity index (χ2v) is 8.89. The Kier molecular flexibility index (Phi) is 6.04. The molecular formula is C28H24N6O4. The normalized spacial score (nSPS) is 13.6. The van der Waals surface area contributed by atoms with Gasteiger partial charge in [0.1, 0.15) is 39.9 Å². The highest BCUT2D eigenvalue weighted by molar-refractivity contribution is 5.86. The number of hydrogen-bond acceptors (Lipinski definition) is 10. The molecule has 0 bridgehead atoms. The van der Waals surface area contributed by atoms with Crippen molar-refractivity contribution < 1.29 is 14.3 Å². The summed E-state index contributed by atoms with van der Waals surface area (Å²) in [7, 11) is 0. The van der Waals surface area contributed by atoms with Gasteiger partial charge in [0.25, 0.3) is 0 Å². The molecule has 0 aliphatic carbocycles. The zero-order chi connectivity index (χ0) is 26.1. The van der Waals surface area contributed by atoms with Gasteiger partial charge in [-0.15, -0.1) is 0 Å². The number of rotatable bonds is 5. The van der Waals surface area contributed by atoms with Crippen molar-refractivity contribution in [3.05, 3.63) is 89.1 Å². The Balaban J connectivity index is 1.26. The summed E-state index contributed by atoms with van der Waals surface area (Å²) in [6.45, 7) is 4.78. The molecule has 0 spiro atoms. The van der Waals surface area contributed by atoms with Crippen LogP contribution in [-0.4, -0.2) is 51.2 Å². The molecule has 0 radical (unpaired) electrons. The molecule has 1 fully saturated rings. The van der Waals surface area contributed by atoms with Gasteiger partial charge in [-0.3, -0.25) is 4.79 Å². The Hall–Kier alpha value is -4.99. The average Bonchev–Trinajstić information content (AvgIpc) is 2.93. The third kappa shape index (κ3) is 4.71. The number of ether oxygens (including phenoxy) is 1. The van der Waals surface area contributed by atoms with Crippen LogP contribution in [0.2, 0.25) is 0 Å². The van der Waals surface area contributed by atoms with Crippen LogP contribution in [0.3, 0.4) is 0 Å². The molecule has 38 heavy (non-hydrogen) atoms. The Morgan fingerprint density at radius 3 is 2.39 bits per heavy atom. The van der Waals surface area contributed by atoms with Crippen LogP contribution in [0.1, 0.15) is 5.82 Å². The van der Waals surface area contributed by atoms with Crippen molar-refractivity contribution in [2.75, 3.05) is 36.0 Å². The molecule has 10 heteroatoms. The molecule has 1 saturated heterocycles. The number of hydrogen-bond donors (Lipinski definition) is 1. The summed E-state index contributed by atoms with van der Waals surface area (Å²) >= 11 is 0. The van der Waals surface area contributed by atoms with Gasteiger partial charge in [-0.25, -0.2) is 15.0 Å². The monoisotopic (exact) mass is 508 g/mol. The Morgan fingerprint density at radius 1 is 0.895 bits per heavy atom. The number of aromatic hydroxyl groups is 1. The molecule has 0 amide bonds. The Bertz CT molecular complexity index is 1650. The standard InChI is InChI=1S/C28H24N6O4/c1-18-31-25(33-10-12-34(13-11-33)28-29-8-5-9-30-28)17-26(32-18)37-20-14-21(35)27-22(36)16-23(38-24(27)15-20)19-6-3-2-4-7-19/h2-9,14-17,35H,10-13H2,1H3. The van der Waals surface area contributed by atoms with Crippen molar-refractivity contribution in [3.8, 4) is 28.7 Å². The summed E-state index contributed by atoms with van der Waals surface area (Å²) in [6, 6.07) is 17.2. The van der Waals surface area contributed by atoms with E-state index >= 15 is 0 Å². The van der Waals surface area contributed by atoms with Crippen LogP contribution >= 0.6 is 0 Å². The van der Waals surface area contributed by atoms with E-state index in [1.54, 1.807) is 37.5 Å². The minimum Gasteiger partial charge on any atom is -0.507 e. The van der Waals surface area contributed by atoms with E-state index < -0.39 is 0 Å². The maximum absolute atomic E-state index is 12.7. The smallest absolute Gasteiger partial charge is 0.225 e. The van der Waals surface area contributed by atoms with Gasteiger partial charge in [0.2, 0.25) is 11.8 Å². The lowest BCUT2D eigenvalue weighted by Gasteiger charge is -2.35. The van der Waals surface area contributed by atoms with Crippen molar-refractivity contribution in [1.29, 1.82) is 0 Å². The largest absolute Gasteiger partial charge is 0.507 e. The molecule has 0 atom stereocenters. The lowest BCUT2D eigenvalue weighted by atomic mass is 10.1. The average molecular weight is 509 g/mol. The number of aryl methyl sites for hydroxylation is 1. The summed E-state index contributed by atoms with van der Waals surface area (Å²) in [5.41, 5.74) is 0.637. The van der Waals surface area contributed by atoms with E-state index in [9.17, 15) is 9.90 Å². The van der Waals surface area contributed by atoms with Crippen molar-refractivity contribution in [1.82, 2.24) is 19.9 Å². The second kappa shape index (κ2) is 9.81. The summed E-state index contributed by atoms with van der Waals surface area (Å²) < 4.78 is 12.0. The fraction of sp³-hybridized carbons (Fsp3) is 0.179. The molecule has 190 valence electrons. The van der Waals surface area contributed by atoms with E-state index in [2.05, 4.69) is 29.7 Å². The molecule has 5 aromatic rings. The van der Waals surface area contributed by atoms with E-state index in [-0.39, 0.29) is 22.1 Å². The Morgan fingerprint density at radius 2 is 1.63 bits per heavy atom. The zero-order valence-electron chi connectivity index (χ0n) is 20.6. The minimum atomic E-state index is -0.339. The van der Waals surface area contributed by atoms with Gasteiger partial charge >= 0.3 is 0 Å². The SMILES string of the molecule is Cc1nc(Oc2cc(O)c3c(=O)cc(-c4ccccc4)oc3c2)cc(N2CCN(c3ncccn3)CC2)n1. The number of phenols is 1. The third-order valence-corrected chi connectivity index (χ3v) is 6.30. The molecule has 0 unspecified atom stereocenters. The first-order valence-corrected chi connectivity index (χ1v) is 12.2. The molecule has 0 saturated carbocycles. The molecule has 6 rings (SSSR count). The third-order valence-electron chi connectivity index (χ3n) is 6.30. The highest BCUT2D eigenvalue weighted by Gasteiger charge is 2.21. The van der Waals surface area contributed by atoms with Crippen molar-refractivity contribution in [2.45, 2.75) is 6.92 Å².